The fourth-order valence-electron chi connectivity index (χ4n) is 2.51. The van der Waals surface area contributed by atoms with E-state index in [0.29, 0.717) is 18.4 Å². The summed E-state index contributed by atoms with van der Waals surface area (Å²) in [5.74, 6) is 0.320. The van der Waals surface area contributed by atoms with Crippen LogP contribution in [0.15, 0.2) is 30.3 Å². The van der Waals surface area contributed by atoms with E-state index < -0.39 is 0 Å². The van der Waals surface area contributed by atoms with Gasteiger partial charge in [0.2, 0.25) is 5.91 Å². The molecule has 1 aliphatic heterocycles. The van der Waals surface area contributed by atoms with E-state index in [1.807, 2.05) is 18.2 Å². The van der Waals surface area contributed by atoms with Crippen LogP contribution in [0.25, 0.3) is 0 Å². The van der Waals surface area contributed by atoms with Crippen molar-refractivity contribution in [2.45, 2.75) is 45.1 Å². The van der Waals surface area contributed by atoms with Gasteiger partial charge in [0.25, 0.3) is 0 Å². The number of carbonyl (C=O) groups excluding carboxylic acids is 1. The summed E-state index contributed by atoms with van der Waals surface area (Å²) < 4.78 is 0. The van der Waals surface area contributed by atoms with Gasteiger partial charge in [0.1, 0.15) is 0 Å². The standard InChI is InChI=1S/C15H21NO/c1-13-7-5-6-12-16(13)15(17)11-10-14-8-3-2-4-9-14/h2-4,8-9,13H,5-7,10-12H2,1H3/t13-/m1/s1. The maximum absolute atomic E-state index is 12.1. The van der Waals surface area contributed by atoms with E-state index in [-0.39, 0.29) is 0 Å². The van der Waals surface area contributed by atoms with Crippen molar-refractivity contribution in [2.75, 3.05) is 6.54 Å². The highest BCUT2D eigenvalue weighted by atomic mass is 16.2. The van der Waals surface area contributed by atoms with E-state index in [1.165, 1.54) is 18.4 Å². The SMILES string of the molecule is C[C@@H]1CCCCN1C(=O)CCc1ccccc1. The van der Waals surface area contributed by atoms with E-state index >= 15 is 0 Å². The van der Waals surface area contributed by atoms with Crippen LogP contribution in [-0.2, 0) is 11.2 Å². The highest BCUT2D eigenvalue weighted by Gasteiger charge is 2.22. The topological polar surface area (TPSA) is 20.3 Å². The summed E-state index contributed by atoms with van der Waals surface area (Å²) in [6.45, 7) is 3.12. The smallest absolute Gasteiger partial charge is 0.223 e. The zero-order chi connectivity index (χ0) is 12.1. The Morgan fingerprint density at radius 2 is 2.06 bits per heavy atom. The lowest BCUT2D eigenvalue weighted by Crippen LogP contribution is -2.42. The number of hydrogen-bond donors (Lipinski definition) is 0. The van der Waals surface area contributed by atoms with Gasteiger partial charge in [-0.05, 0) is 38.2 Å². The summed E-state index contributed by atoms with van der Waals surface area (Å²) in [5, 5.41) is 0. The zero-order valence-electron chi connectivity index (χ0n) is 10.6. The Labute approximate surface area is 104 Å². The molecule has 1 heterocycles. The van der Waals surface area contributed by atoms with Gasteiger partial charge >= 0.3 is 0 Å². The first-order valence-electron chi connectivity index (χ1n) is 6.61. The van der Waals surface area contributed by atoms with Crippen LogP contribution in [0, 0.1) is 0 Å². The number of amides is 1. The van der Waals surface area contributed by atoms with Crippen molar-refractivity contribution < 1.29 is 4.79 Å². The summed E-state index contributed by atoms with van der Waals surface area (Å²) in [4.78, 5) is 14.2. The monoisotopic (exact) mass is 231 g/mol. The van der Waals surface area contributed by atoms with E-state index in [1.54, 1.807) is 0 Å². The lowest BCUT2D eigenvalue weighted by molar-refractivity contribution is -0.134. The molecule has 2 nitrogen and oxygen atoms in total. The highest BCUT2D eigenvalue weighted by Crippen LogP contribution is 2.17. The Hall–Kier alpha value is -1.31. The van der Waals surface area contributed by atoms with Crippen molar-refractivity contribution >= 4 is 5.91 Å². The Morgan fingerprint density at radius 3 is 2.76 bits per heavy atom. The van der Waals surface area contributed by atoms with Crippen LogP contribution >= 0.6 is 0 Å². The summed E-state index contributed by atoms with van der Waals surface area (Å²) in [6, 6.07) is 10.7. The van der Waals surface area contributed by atoms with Gasteiger partial charge in [0.05, 0.1) is 0 Å². The first kappa shape index (κ1) is 12.2. The number of nitrogens with zero attached hydrogens (tertiary/aromatic N) is 1. The number of hydrogen-bond acceptors (Lipinski definition) is 1. The zero-order valence-corrected chi connectivity index (χ0v) is 10.6. The molecule has 0 aliphatic carbocycles. The summed E-state index contributed by atoms with van der Waals surface area (Å²) in [5.41, 5.74) is 1.26. The van der Waals surface area contributed by atoms with Crippen LogP contribution in [0.4, 0.5) is 0 Å². The van der Waals surface area contributed by atoms with Gasteiger partial charge in [0, 0.05) is 19.0 Å². The van der Waals surface area contributed by atoms with E-state index in [4.69, 9.17) is 0 Å². The maximum Gasteiger partial charge on any atom is 0.223 e. The third-order valence-corrected chi connectivity index (χ3v) is 3.59. The second-order valence-corrected chi connectivity index (χ2v) is 4.92. The highest BCUT2D eigenvalue weighted by molar-refractivity contribution is 5.76. The minimum Gasteiger partial charge on any atom is -0.340 e. The number of carbonyl (C=O) groups is 1. The molecular weight excluding hydrogens is 210 g/mol. The molecule has 0 aromatic heterocycles. The maximum atomic E-state index is 12.1. The quantitative estimate of drug-likeness (QED) is 0.783. The van der Waals surface area contributed by atoms with Gasteiger partial charge in [-0.25, -0.2) is 0 Å². The van der Waals surface area contributed by atoms with Gasteiger partial charge in [-0.2, -0.15) is 0 Å². The molecule has 1 amide bonds. The normalized spacial score (nSPS) is 20.3. The molecule has 0 radical (unpaired) electrons. The molecule has 1 aromatic rings. The summed E-state index contributed by atoms with van der Waals surface area (Å²) in [7, 11) is 0. The van der Waals surface area contributed by atoms with E-state index in [0.717, 1.165) is 19.4 Å². The number of piperidine rings is 1. The predicted octanol–water partition coefficient (Wildman–Crippen LogP) is 3.02. The van der Waals surface area contributed by atoms with Crippen molar-refractivity contribution in [3.8, 4) is 0 Å². The minimum absolute atomic E-state index is 0.320. The molecule has 1 aromatic carbocycles. The van der Waals surface area contributed by atoms with Crippen LogP contribution < -0.4 is 0 Å². The summed E-state index contributed by atoms with van der Waals surface area (Å²) >= 11 is 0. The minimum atomic E-state index is 0.320. The summed E-state index contributed by atoms with van der Waals surface area (Å²) in [6.07, 6.45) is 5.11. The van der Waals surface area contributed by atoms with Crippen molar-refractivity contribution in [3.05, 3.63) is 35.9 Å². The van der Waals surface area contributed by atoms with Crippen molar-refractivity contribution in [3.63, 3.8) is 0 Å². The average Bonchev–Trinajstić information content (AvgIpc) is 2.38. The van der Waals surface area contributed by atoms with Crippen LogP contribution in [0.5, 0.6) is 0 Å². The van der Waals surface area contributed by atoms with E-state index in [9.17, 15) is 4.79 Å². The molecule has 1 saturated heterocycles. The fraction of sp³-hybridized carbons (Fsp3) is 0.533. The van der Waals surface area contributed by atoms with E-state index in [2.05, 4.69) is 24.0 Å². The number of likely N-dealkylation sites (tertiary alicyclic amines) is 1. The first-order valence-corrected chi connectivity index (χ1v) is 6.61. The molecule has 1 fully saturated rings. The predicted molar refractivity (Wildman–Crippen MR) is 69.8 cm³/mol. The lowest BCUT2D eigenvalue weighted by atomic mass is 10.0. The second kappa shape index (κ2) is 5.85. The third kappa shape index (κ3) is 3.32. The molecule has 92 valence electrons. The van der Waals surface area contributed by atoms with Crippen molar-refractivity contribution in [1.82, 2.24) is 4.90 Å². The molecule has 0 saturated carbocycles. The van der Waals surface area contributed by atoms with Gasteiger partial charge in [-0.1, -0.05) is 30.3 Å². The molecule has 2 rings (SSSR count). The van der Waals surface area contributed by atoms with Crippen molar-refractivity contribution in [2.24, 2.45) is 0 Å². The lowest BCUT2D eigenvalue weighted by Gasteiger charge is -2.33. The Kier molecular flexibility index (Phi) is 4.18. The van der Waals surface area contributed by atoms with Crippen molar-refractivity contribution in [1.29, 1.82) is 0 Å². The Balaban J connectivity index is 1.84. The molecular formula is C15H21NO. The number of rotatable bonds is 3. The van der Waals surface area contributed by atoms with Gasteiger partial charge in [0.15, 0.2) is 0 Å². The molecule has 0 bridgehead atoms. The first-order chi connectivity index (χ1) is 8.27. The van der Waals surface area contributed by atoms with Gasteiger partial charge in [-0.3, -0.25) is 4.79 Å². The van der Waals surface area contributed by atoms with Crippen LogP contribution in [0.3, 0.4) is 0 Å². The fourth-order valence-corrected chi connectivity index (χ4v) is 2.51. The molecule has 0 spiro atoms. The Bertz CT molecular complexity index is 360. The van der Waals surface area contributed by atoms with Crippen LogP contribution in [0.2, 0.25) is 0 Å². The second-order valence-electron chi connectivity index (χ2n) is 4.92. The van der Waals surface area contributed by atoms with Gasteiger partial charge in [-0.15, -0.1) is 0 Å². The van der Waals surface area contributed by atoms with Crippen LogP contribution in [-0.4, -0.2) is 23.4 Å². The Morgan fingerprint density at radius 1 is 1.29 bits per heavy atom. The molecule has 1 aliphatic rings. The van der Waals surface area contributed by atoms with Gasteiger partial charge < -0.3 is 4.90 Å². The number of aryl methyl sites for hydroxylation is 1. The molecule has 1 atom stereocenters. The number of benzene rings is 1. The molecule has 2 heteroatoms. The molecule has 0 unspecified atom stereocenters. The third-order valence-electron chi connectivity index (χ3n) is 3.59. The largest absolute Gasteiger partial charge is 0.340 e. The average molecular weight is 231 g/mol. The molecule has 0 N–H and O–H groups in total. The van der Waals surface area contributed by atoms with Crippen LogP contribution in [0.1, 0.15) is 38.2 Å². The molecule has 17 heavy (non-hydrogen) atoms.